The summed E-state index contributed by atoms with van der Waals surface area (Å²) in [7, 11) is 0. The van der Waals surface area contributed by atoms with Crippen molar-refractivity contribution in [3.05, 3.63) is 42.2 Å². The van der Waals surface area contributed by atoms with Crippen LogP contribution in [0.5, 0.6) is 0 Å². The van der Waals surface area contributed by atoms with E-state index in [9.17, 15) is 5.11 Å². The summed E-state index contributed by atoms with van der Waals surface area (Å²) in [5.41, 5.74) is 4.74. The van der Waals surface area contributed by atoms with Crippen molar-refractivity contribution < 1.29 is 5.11 Å². The zero-order chi connectivity index (χ0) is 25.1. The van der Waals surface area contributed by atoms with Crippen LogP contribution in [0.2, 0.25) is 0 Å². The molecule has 7 nitrogen and oxygen atoms in total. The average molecular weight is 491 g/mol. The van der Waals surface area contributed by atoms with Crippen LogP contribution in [0, 0.1) is 0 Å². The smallest absolute Gasteiger partial charge is 0.224 e. The number of aliphatic hydroxyl groups is 1. The molecule has 36 heavy (non-hydrogen) atoms. The van der Waals surface area contributed by atoms with Crippen LogP contribution in [0.3, 0.4) is 0 Å². The predicted octanol–water partition coefficient (Wildman–Crippen LogP) is 4.97. The molecule has 3 N–H and O–H groups in total. The molecule has 1 aliphatic heterocycles. The third-order valence-electron chi connectivity index (χ3n) is 7.85. The molecular formula is C29H42N6O. The summed E-state index contributed by atoms with van der Waals surface area (Å²) in [6, 6.07) is 10.3. The fraction of sp³-hybridized carbons (Fsp3) is 0.586. The van der Waals surface area contributed by atoms with Gasteiger partial charge >= 0.3 is 0 Å². The van der Waals surface area contributed by atoms with Gasteiger partial charge in [0.2, 0.25) is 5.95 Å². The van der Waals surface area contributed by atoms with Gasteiger partial charge in [0.1, 0.15) is 5.65 Å². The molecule has 1 saturated carbocycles. The van der Waals surface area contributed by atoms with E-state index in [1.165, 1.54) is 16.7 Å². The van der Waals surface area contributed by atoms with E-state index in [1.54, 1.807) is 0 Å². The predicted molar refractivity (Wildman–Crippen MR) is 147 cm³/mol. The first-order valence-corrected chi connectivity index (χ1v) is 13.9. The summed E-state index contributed by atoms with van der Waals surface area (Å²) in [6.45, 7) is 10.9. The maximum atomic E-state index is 10.1. The van der Waals surface area contributed by atoms with E-state index < -0.39 is 0 Å². The van der Waals surface area contributed by atoms with Crippen molar-refractivity contribution in [2.75, 3.05) is 25.0 Å². The van der Waals surface area contributed by atoms with Gasteiger partial charge in [0.15, 0.2) is 0 Å². The molecule has 5 rings (SSSR count). The lowest BCUT2D eigenvalue weighted by Gasteiger charge is -2.31. The van der Waals surface area contributed by atoms with Crippen molar-refractivity contribution in [3.8, 4) is 11.1 Å². The molecule has 0 bridgehead atoms. The SMILES string of the molecule is CCCC(C)Nc1ncc2c(-c3ccc(CN4CCN[C@H](C)C4)cc3)cn([C@H]3CC[C@H](O)CC3)c2n1. The standard InChI is InChI=1S/C29H42N6O/c1-4-5-20(2)32-29-31-16-26-27(19-35(28(26)33-29)24-10-12-25(36)13-11-24)23-8-6-22(7-9-23)18-34-15-14-30-21(3)17-34/h6-9,16,19-21,24-25,30,36H,4-5,10-15,17-18H2,1-3H3,(H,31,32,33)/t20?,21-,24-,25-/m1/s1. The number of nitrogens with zero attached hydrogens (tertiary/aromatic N) is 4. The zero-order valence-corrected chi connectivity index (χ0v) is 22.1. The first kappa shape index (κ1) is 25.2. The molecule has 3 aromatic rings. The van der Waals surface area contributed by atoms with E-state index in [0.717, 1.165) is 75.7 Å². The maximum absolute atomic E-state index is 10.1. The first-order chi connectivity index (χ1) is 17.5. The number of rotatable bonds is 8. The van der Waals surface area contributed by atoms with E-state index in [2.05, 4.69) is 71.3 Å². The quantitative estimate of drug-likeness (QED) is 0.414. The van der Waals surface area contributed by atoms with Crippen LogP contribution in [0.1, 0.15) is 70.9 Å². The van der Waals surface area contributed by atoms with Crippen LogP contribution in [0.15, 0.2) is 36.7 Å². The fourth-order valence-electron chi connectivity index (χ4n) is 5.87. The number of hydrogen-bond acceptors (Lipinski definition) is 6. The Morgan fingerprint density at radius 2 is 1.94 bits per heavy atom. The van der Waals surface area contributed by atoms with Crippen molar-refractivity contribution in [3.63, 3.8) is 0 Å². The molecule has 194 valence electrons. The van der Waals surface area contributed by atoms with Gasteiger partial charge in [-0.25, -0.2) is 4.98 Å². The highest BCUT2D eigenvalue weighted by atomic mass is 16.3. The van der Waals surface area contributed by atoms with Gasteiger partial charge in [-0.15, -0.1) is 0 Å². The third kappa shape index (κ3) is 5.74. The van der Waals surface area contributed by atoms with Crippen LogP contribution < -0.4 is 10.6 Å². The zero-order valence-electron chi connectivity index (χ0n) is 22.1. The topological polar surface area (TPSA) is 78.2 Å². The second-order valence-corrected chi connectivity index (χ2v) is 11.0. The first-order valence-electron chi connectivity index (χ1n) is 13.9. The molecule has 2 atom stereocenters. The van der Waals surface area contributed by atoms with Crippen molar-refractivity contribution in [1.82, 2.24) is 24.8 Å². The lowest BCUT2D eigenvalue weighted by molar-refractivity contribution is 0.111. The molecule has 3 heterocycles. The molecule has 1 unspecified atom stereocenters. The van der Waals surface area contributed by atoms with Crippen molar-refractivity contribution in [2.45, 2.75) is 90.1 Å². The Hall–Kier alpha value is -2.48. The maximum Gasteiger partial charge on any atom is 0.224 e. The lowest BCUT2D eigenvalue weighted by atomic mass is 9.93. The second-order valence-electron chi connectivity index (χ2n) is 11.0. The fourth-order valence-corrected chi connectivity index (χ4v) is 5.87. The molecule has 7 heteroatoms. The average Bonchev–Trinajstić information content (AvgIpc) is 3.24. The lowest BCUT2D eigenvalue weighted by Crippen LogP contribution is -2.48. The number of fused-ring (bicyclic) bond motifs is 1. The summed E-state index contributed by atoms with van der Waals surface area (Å²) >= 11 is 0. The van der Waals surface area contributed by atoms with Gasteiger partial charge in [-0.05, 0) is 57.1 Å². The third-order valence-corrected chi connectivity index (χ3v) is 7.85. The van der Waals surface area contributed by atoms with Crippen molar-refractivity contribution in [2.24, 2.45) is 0 Å². The van der Waals surface area contributed by atoms with Crippen LogP contribution in [0.25, 0.3) is 22.2 Å². The van der Waals surface area contributed by atoms with E-state index in [1.807, 2.05) is 6.20 Å². The van der Waals surface area contributed by atoms with Crippen molar-refractivity contribution >= 4 is 17.0 Å². The second kappa shape index (κ2) is 11.3. The van der Waals surface area contributed by atoms with Gasteiger partial charge in [-0.1, -0.05) is 37.6 Å². The van der Waals surface area contributed by atoms with Crippen LogP contribution >= 0.6 is 0 Å². The van der Waals surface area contributed by atoms with Gasteiger partial charge < -0.3 is 20.3 Å². The molecule has 2 fully saturated rings. The molecule has 0 radical (unpaired) electrons. The van der Waals surface area contributed by atoms with Gasteiger partial charge in [-0.3, -0.25) is 4.90 Å². The summed E-state index contributed by atoms with van der Waals surface area (Å²) < 4.78 is 2.35. The molecule has 0 amide bonds. The summed E-state index contributed by atoms with van der Waals surface area (Å²) in [4.78, 5) is 12.2. The molecule has 2 aliphatic rings. The largest absolute Gasteiger partial charge is 0.393 e. The molecule has 1 aromatic carbocycles. The minimum absolute atomic E-state index is 0.171. The van der Waals surface area contributed by atoms with Crippen LogP contribution in [0.4, 0.5) is 5.95 Å². The molecule has 0 spiro atoms. The number of aliphatic hydroxyl groups excluding tert-OH is 1. The minimum Gasteiger partial charge on any atom is -0.393 e. The Balaban J connectivity index is 1.43. The Morgan fingerprint density at radius 1 is 1.17 bits per heavy atom. The molecule has 1 saturated heterocycles. The summed E-state index contributed by atoms with van der Waals surface area (Å²) in [5.74, 6) is 0.700. The van der Waals surface area contributed by atoms with Crippen LogP contribution in [-0.2, 0) is 6.54 Å². The van der Waals surface area contributed by atoms with E-state index in [-0.39, 0.29) is 6.10 Å². The molecule has 1 aliphatic carbocycles. The number of hydrogen-bond donors (Lipinski definition) is 3. The summed E-state index contributed by atoms with van der Waals surface area (Å²) in [5, 5.41) is 18.2. The molecule has 2 aromatic heterocycles. The van der Waals surface area contributed by atoms with E-state index in [4.69, 9.17) is 9.97 Å². The highest BCUT2D eigenvalue weighted by Crippen LogP contribution is 2.37. The number of aromatic nitrogens is 3. The van der Waals surface area contributed by atoms with E-state index in [0.29, 0.717) is 24.1 Å². The Bertz CT molecular complexity index is 1130. The van der Waals surface area contributed by atoms with Gasteiger partial charge in [0, 0.05) is 67.6 Å². The highest BCUT2D eigenvalue weighted by Gasteiger charge is 2.24. The minimum atomic E-state index is -0.171. The van der Waals surface area contributed by atoms with E-state index >= 15 is 0 Å². The molecular weight excluding hydrogens is 448 g/mol. The number of nitrogens with one attached hydrogen (secondary N) is 2. The Kier molecular flexibility index (Phi) is 7.89. The number of benzene rings is 1. The van der Waals surface area contributed by atoms with Gasteiger partial charge in [-0.2, -0.15) is 4.98 Å². The van der Waals surface area contributed by atoms with Crippen LogP contribution in [-0.4, -0.2) is 62.4 Å². The number of anilines is 1. The summed E-state index contributed by atoms with van der Waals surface area (Å²) in [6.07, 6.45) is 9.97. The monoisotopic (exact) mass is 490 g/mol. The Labute approximate surface area is 215 Å². The Morgan fingerprint density at radius 3 is 2.67 bits per heavy atom. The van der Waals surface area contributed by atoms with Crippen molar-refractivity contribution in [1.29, 1.82) is 0 Å². The number of piperazine rings is 1. The van der Waals surface area contributed by atoms with Gasteiger partial charge in [0.05, 0.1) is 6.10 Å². The normalized spacial score (nSPS) is 24.2. The van der Waals surface area contributed by atoms with Gasteiger partial charge in [0.25, 0.3) is 0 Å². The highest BCUT2D eigenvalue weighted by molar-refractivity contribution is 5.94.